The van der Waals surface area contributed by atoms with Gasteiger partial charge in [-0.3, -0.25) is 0 Å². The number of para-hydroxylation sites is 3. The molecular weight excluding hydrogens is 342 g/mol. The maximum absolute atomic E-state index is 6.05. The van der Waals surface area contributed by atoms with E-state index in [4.69, 9.17) is 4.42 Å². The van der Waals surface area contributed by atoms with Gasteiger partial charge >= 0.3 is 0 Å². The molecule has 1 aliphatic heterocycles. The standard InChI is InChI=1S/C26H19NO/c1-26(17-14-15-25-19(16-17)18-8-2-7-13-24(18)28-25)20-9-3-5-11-22(20)27-23-12-6-4-10-21(23)26/h2-16,27H,1H3. The fourth-order valence-corrected chi connectivity index (χ4v) is 4.69. The number of benzene rings is 4. The number of furan rings is 1. The molecule has 0 spiro atoms. The molecule has 4 aromatic carbocycles. The quantitative estimate of drug-likeness (QED) is 0.348. The Labute approximate surface area is 163 Å². The minimum atomic E-state index is -0.245. The SMILES string of the molecule is CC1(c2ccc3oc4ccccc4c3c2)c2ccccc2Nc2ccccc21. The predicted molar refractivity (Wildman–Crippen MR) is 115 cm³/mol. The molecule has 0 saturated heterocycles. The zero-order chi connectivity index (χ0) is 18.7. The van der Waals surface area contributed by atoms with Gasteiger partial charge in [0, 0.05) is 27.6 Å². The highest BCUT2D eigenvalue weighted by atomic mass is 16.3. The van der Waals surface area contributed by atoms with Gasteiger partial charge in [0.2, 0.25) is 0 Å². The van der Waals surface area contributed by atoms with Crippen LogP contribution in [0.4, 0.5) is 11.4 Å². The van der Waals surface area contributed by atoms with Gasteiger partial charge in [0.15, 0.2) is 0 Å². The van der Waals surface area contributed by atoms with Crippen molar-refractivity contribution in [2.24, 2.45) is 0 Å². The first-order chi connectivity index (χ1) is 13.7. The third kappa shape index (κ3) is 1.97. The Kier molecular flexibility index (Phi) is 3.05. The summed E-state index contributed by atoms with van der Waals surface area (Å²) in [4.78, 5) is 0. The lowest BCUT2D eigenvalue weighted by Crippen LogP contribution is -2.30. The molecule has 0 fully saturated rings. The molecule has 6 rings (SSSR count). The molecule has 5 aromatic rings. The average Bonchev–Trinajstić information content (AvgIpc) is 3.12. The first-order valence-electron chi connectivity index (χ1n) is 9.63. The van der Waals surface area contributed by atoms with Crippen molar-refractivity contribution in [2.75, 3.05) is 5.32 Å². The first-order valence-corrected chi connectivity index (χ1v) is 9.63. The number of rotatable bonds is 1. The fourth-order valence-electron chi connectivity index (χ4n) is 4.69. The number of anilines is 2. The molecule has 0 amide bonds. The lowest BCUT2D eigenvalue weighted by molar-refractivity contribution is 0.665. The van der Waals surface area contributed by atoms with Gasteiger partial charge in [-0.15, -0.1) is 0 Å². The van der Waals surface area contributed by atoms with E-state index >= 15 is 0 Å². The van der Waals surface area contributed by atoms with Crippen LogP contribution in [0.2, 0.25) is 0 Å². The molecule has 2 nitrogen and oxygen atoms in total. The second-order valence-electron chi connectivity index (χ2n) is 7.65. The van der Waals surface area contributed by atoms with Crippen LogP contribution in [0.3, 0.4) is 0 Å². The van der Waals surface area contributed by atoms with Gasteiger partial charge in [-0.05, 0) is 53.9 Å². The van der Waals surface area contributed by atoms with Gasteiger partial charge in [0.1, 0.15) is 11.2 Å². The highest BCUT2D eigenvalue weighted by Gasteiger charge is 2.38. The third-order valence-corrected chi connectivity index (χ3v) is 6.15. The molecule has 0 atom stereocenters. The largest absolute Gasteiger partial charge is 0.456 e. The van der Waals surface area contributed by atoms with Gasteiger partial charge in [-0.25, -0.2) is 0 Å². The molecule has 2 heterocycles. The van der Waals surface area contributed by atoms with Crippen molar-refractivity contribution in [3.63, 3.8) is 0 Å². The highest BCUT2D eigenvalue weighted by molar-refractivity contribution is 6.05. The van der Waals surface area contributed by atoms with E-state index in [0.29, 0.717) is 0 Å². The van der Waals surface area contributed by atoms with Gasteiger partial charge in [0.25, 0.3) is 0 Å². The van der Waals surface area contributed by atoms with E-state index in [-0.39, 0.29) is 5.41 Å². The fraction of sp³-hybridized carbons (Fsp3) is 0.0769. The van der Waals surface area contributed by atoms with Crippen molar-refractivity contribution in [1.29, 1.82) is 0 Å². The summed E-state index contributed by atoms with van der Waals surface area (Å²) in [6.45, 7) is 2.33. The molecule has 0 radical (unpaired) electrons. The third-order valence-electron chi connectivity index (χ3n) is 6.15. The molecule has 0 aliphatic carbocycles. The van der Waals surface area contributed by atoms with Crippen LogP contribution in [0.15, 0.2) is 95.4 Å². The number of hydrogen-bond acceptors (Lipinski definition) is 2. The second-order valence-corrected chi connectivity index (χ2v) is 7.65. The van der Waals surface area contributed by atoms with Crippen LogP contribution in [0.25, 0.3) is 21.9 Å². The highest BCUT2D eigenvalue weighted by Crippen LogP contribution is 2.49. The molecule has 2 heteroatoms. The molecule has 0 saturated carbocycles. The molecule has 0 unspecified atom stereocenters. The lowest BCUT2D eigenvalue weighted by Gasteiger charge is -2.39. The van der Waals surface area contributed by atoms with Crippen molar-refractivity contribution < 1.29 is 4.42 Å². The summed E-state index contributed by atoms with van der Waals surface area (Å²) in [7, 11) is 0. The van der Waals surface area contributed by atoms with E-state index < -0.39 is 0 Å². The van der Waals surface area contributed by atoms with E-state index in [1.807, 2.05) is 12.1 Å². The smallest absolute Gasteiger partial charge is 0.135 e. The molecule has 134 valence electrons. The van der Waals surface area contributed by atoms with Crippen molar-refractivity contribution in [2.45, 2.75) is 12.3 Å². The molecule has 1 aromatic heterocycles. The first kappa shape index (κ1) is 15.5. The van der Waals surface area contributed by atoms with Crippen LogP contribution in [-0.4, -0.2) is 0 Å². The maximum atomic E-state index is 6.05. The van der Waals surface area contributed by atoms with Gasteiger partial charge < -0.3 is 9.73 Å². The minimum Gasteiger partial charge on any atom is -0.456 e. The predicted octanol–water partition coefficient (Wildman–Crippen LogP) is 7.00. The van der Waals surface area contributed by atoms with Gasteiger partial charge in [-0.2, -0.15) is 0 Å². The van der Waals surface area contributed by atoms with Gasteiger partial charge in [-0.1, -0.05) is 60.7 Å². The Bertz CT molecular complexity index is 1320. The topological polar surface area (TPSA) is 25.2 Å². The van der Waals surface area contributed by atoms with E-state index in [1.165, 1.54) is 38.8 Å². The Hall–Kier alpha value is -3.52. The number of fused-ring (bicyclic) bond motifs is 5. The zero-order valence-electron chi connectivity index (χ0n) is 15.6. The second kappa shape index (κ2) is 5.49. The number of nitrogens with one attached hydrogen (secondary N) is 1. The van der Waals surface area contributed by atoms with Crippen molar-refractivity contribution >= 4 is 33.3 Å². The average molecular weight is 361 g/mol. The van der Waals surface area contributed by atoms with Gasteiger partial charge in [0.05, 0.1) is 0 Å². The molecular formula is C26H19NO. The van der Waals surface area contributed by atoms with Crippen LogP contribution >= 0.6 is 0 Å². The Balaban J connectivity index is 1.69. The summed E-state index contributed by atoms with van der Waals surface area (Å²) in [5, 5.41) is 5.94. The van der Waals surface area contributed by atoms with Crippen LogP contribution in [-0.2, 0) is 5.41 Å². The molecule has 28 heavy (non-hydrogen) atoms. The maximum Gasteiger partial charge on any atom is 0.135 e. The summed E-state index contributed by atoms with van der Waals surface area (Å²) in [6.07, 6.45) is 0. The molecule has 1 aliphatic rings. The Morgan fingerprint density at radius 3 is 2.00 bits per heavy atom. The Morgan fingerprint density at radius 2 is 1.25 bits per heavy atom. The molecule has 1 N–H and O–H groups in total. The molecule has 0 bridgehead atoms. The Morgan fingerprint density at radius 1 is 0.643 bits per heavy atom. The van der Waals surface area contributed by atoms with E-state index in [0.717, 1.165) is 11.2 Å². The lowest BCUT2D eigenvalue weighted by atomic mass is 9.68. The van der Waals surface area contributed by atoms with Crippen molar-refractivity contribution in [1.82, 2.24) is 0 Å². The van der Waals surface area contributed by atoms with E-state index in [1.54, 1.807) is 0 Å². The minimum absolute atomic E-state index is 0.245. The summed E-state index contributed by atoms with van der Waals surface area (Å²) in [6, 6.07) is 32.1. The zero-order valence-corrected chi connectivity index (χ0v) is 15.6. The summed E-state index contributed by atoms with van der Waals surface area (Å²) in [5.74, 6) is 0. The van der Waals surface area contributed by atoms with Crippen molar-refractivity contribution in [3.05, 3.63) is 108 Å². The summed E-state index contributed by atoms with van der Waals surface area (Å²) < 4.78 is 6.05. The van der Waals surface area contributed by atoms with Crippen molar-refractivity contribution in [3.8, 4) is 0 Å². The normalized spacial score (nSPS) is 14.5. The summed E-state index contributed by atoms with van der Waals surface area (Å²) >= 11 is 0. The van der Waals surface area contributed by atoms with Crippen LogP contribution in [0.5, 0.6) is 0 Å². The summed E-state index contributed by atoms with van der Waals surface area (Å²) in [5.41, 5.74) is 7.82. The number of hydrogen-bond donors (Lipinski definition) is 1. The van der Waals surface area contributed by atoms with Crippen LogP contribution in [0.1, 0.15) is 23.6 Å². The van der Waals surface area contributed by atoms with Crippen LogP contribution in [0, 0.1) is 0 Å². The van der Waals surface area contributed by atoms with E-state index in [2.05, 4.69) is 91.1 Å². The van der Waals surface area contributed by atoms with E-state index in [9.17, 15) is 0 Å². The monoisotopic (exact) mass is 361 g/mol. The van der Waals surface area contributed by atoms with Crippen LogP contribution < -0.4 is 5.32 Å².